The largest absolute Gasteiger partial charge is 0.494 e. The minimum Gasteiger partial charge on any atom is -0.494 e. The molecule has 3 aromatic rings. The molecular formula is C27H24Cl2F2O5. The quantitative estimate of drug-likeness (QED) is 0.324. The topological polar surface area (TPSA) is 65.0 Å². The van der Waals surface area contributed by atoms with Crippen molar-refractivity contribution in [2.45, 2.75) is 37.4 Å². The summed E-state index contributed by atoms with van der Waals surface area (Å²) in [6.07, 6.45) is -0.793. The first-order valence-corrected chi connectivity index (χ1v) is 12.2. The second-order valence-corrected chi connectivity index (χ2v) is 9.36. The van der Waals surface area contributed by atoms with E-state index in [9.17, 15) is 18.7 Å². The number of hydrogen-bond donors (Lipinski definition) is 1. The average molecular weight is 537 g/mol. The summed E-state index contributed by atoms with van der Waals surface area (Å²) in [6, 6.07) is 15.0. The van der Waals surface area contributed by atoms with E-state index in [1.807, 2.05) is 0 Å². The summed E-state index contributed by atoms with van der Waals surface area (Å²) >= 11 is 12.9. The van der Waals surface area contributed by atoms with Crippen LogP contribution in [0.25, 0.3) is 0 Å². The summed E-state index contributed by atoms with van der Waals surface area (Å²) in [7, 11) is 0. The molecule has 36 heavy (non-hydrogen) atoms. The Bertz CT molecular complexity index is 1190. The summed E-state index contributed by atoms with van der Waals surface area (Å²) in [6.45, 7) is 0.239. The molecule has 1 N–H and O–H groups in total. The van der Waals surface area contributed by atoms with Crippen LogP contribution in [0.3, 0.4) is 0 Å². The van der Waals surface area contributed by atoms with E-state index >= 15 is 0 Å². The molecule has 0 spiro atoms. The number of aliphatic hydroxyl groups excluding tert-OH is 1. The summed E-state index contributed by atoms with van der Waals surface area (Å²) in [5, 5.41) is 10.5. The highest BCUT2D eigenvalue weighted by molar-refractivity contribution is 6.35. The molecule has 4 rings (SSSR count). The number of halogens is 4. The Morgan fingerprint density at radius 1 is 1.00 bits per heavy atom. The first-order valence-electron chi connectivity index (χ1n) is 11.4. The molecule has 0 aromatic heterocycles. The Morgan fingerprint density at radius 3 is 2.33 bits per heavy atom. The van der Waals surface area contributed by atoms with Gasteiger partial charge in [0.15, 0.2) is 0 Å². The molecule has 5 nitrogen and oxygen atoms in total. The van der Waals surface area contributed by atoms with Gasteiger partial charge in [-0.15, -0.1) is 0 Å². The number of esters is 1. The first kappa shape index (κ1) is 26.2. The molecule has 0 radical (unpaired) electrons. The van der Waals surface area contributed by atoms with Crippen LogP contribution in [-0.2, 0) is 9.53 Å². The van der Waals surface area contributed by atoms with Gasteiger partial charge in [0.05, 0.1) is 24.2 Å². The SMILES string of the molecule is O=C1C[C@H](O)C[C@@H](COc2c(Cl)cc(Cl)cc2C(CCOc2ccc(F)cc2)c2ccc(F)cc2)O1. The maximum atomic E-state index is 13.7. The van der Waals surface area contributed by atoms with Crippen LogP contribution in [0.2, 0.25) is 10.0 Å². The van der Waals surface area contributed by atoms with Crippen LogP contribution in [0.4, 0.5) is 8.78 Å². The van der Waals surface area contributed by atoms with Crippen molar-refractivity contribution in [1.82, 2.24) is 0 Å². The predicted molar refractivity (Wildman–Crippen MR) is 132 cm³/mol. The lowest BCUT2D eigenvalue weighted by Crippen LogP contribution is -2.36. The van der Waals surface area contributed by atoms with E-state index < -0.39 is 18.2 Å². The molecule has 1 saturated heterocycles. The van der Waals surface area contributed by atoms with Crippen molar-refractivity contribution >= 4 is 29.2 Å². The standard InChI is InChI=1S/C27H24Cl2F2O5/c28-17-11-24(27(25(29)12-17)35-15-22-13-20(32)14-26(33)36-22)23(16-1-3-18(30)4-2-16)9-10-34-21-7-5-19(31)6-8-21/h1-8,11-12,20,22-23,32H,9-10,13-15H2/t20-,22+,23?/m1/s1. The van der Waals surface area contributed by atoms with Crippen LogP contribution in [0.15, 0.2) is 60.7 Å². The molecule has 1 fully saturated rings. The molecule has 3 aromatic carbocycles. The minimum absolute atomic E-state index is 0.0145. The fraction of sp³-hybridized carbons (Fsp3) is 0.296. The zero-order valence-corrected chi connectivity index (χ0v) is 20.6. The van der Waals surface area contributed by atoms with Crippen LogP contribution >= 0.6 is 23.2 Å². The molecule has 0 aliphatic carbocycles. The van der Waals surface area contributed by atoms with Gasteiger partial charge in [0, 0.05) is 22.9 Å². The lowest BCUT2D eigenvalue weighted by Gasteiger charge is -2.27. The van der Waals surface area contributed by atoms with Gasteiger partial charge in [-0.2, -0.15) is 0 Å². The molecule has 1 unspecified atom stereocenters. The van der Waals surface area contributed by atoms with Gasteiger partial charge in [0.25, 0.3) is 0 Å². The number of rotatable bonds is 9. The summed E-state index contributed by atoms with van der Waals surface area (Å²) in [5.74, 6) is -0.735. The van der Waals surface area contributed by atoms with Crippen molar-refractivity contribution in [2.75, 3.05) is 13.2 Å². The molecular weight excluding hydrogens is 513 g/mol. The van der Waals surface area contributed by atoms with Crippen LogP contribution < -0.4 is 9.47 Å². The number of ether oxygens (including phenoxy) is 3. The number of carbonyl (C=O) groups excluding carboxylic acids is 1. The van der Waals surface area contributed by atoms with Crippen molar-refractivity contribution in [3.8, 4) is 11.5 Å². The minimum atomic E-state index is -0.796. The van der Waals surface area contributed by atoms with Crippen LogP contribution in [0.1, 0.15) is 36.3 Å². The van der Waals surface area contributed by atoms with E-state index in [0.29, 0.717) is 28.5 Å². The molecule has 0 saturated carbocycles. The van der Waals surface area contributed by atoms with Crippen molar-refractivity contribution in [3.05, 3.63) is 93.5 Å². The molecule has 1 heterocycles. The molecule has 190 valence electrons. The first-order chi connectivity index (χ1) is 17.3. The Kier molecular flexibility index (Phi) is 8.67. The van der Waals surface area contributed by atoms with Crippen LogP contribution in [0, 0.1) is 11.6 Å². The van der Waals surface area contributed by atoms with Crippen molar-refractivity contribution in [1.29, 1.82) is 0 Å². The molecule has 3 atom stereocenters. The normalized spacial score (nSPS) is 18.4. The maximum absolute atomic E-state index is 13.7. The predicted octanol–water partition coefficient (Wildman–Crippen LogP) is 6.32. The van der Waals surface area contributed by atoms with Crippen molar-refractivity contribution in [2.24, 2.45) is 0 Å². The molecule has 1 aliphatic heterocycles. The number of carbonyl (C=O) groups is 1. The highest BCUT2D eigenvalue weighted by Crippen LogP contribution is 2.41. The van der Waals surface area contributed by atoms with E-state index in [0.717, 1.165) is 5.56 Å². The van der Waals surface area contributed by atoms with E-state index in [4.69, 9.17) is 37.4 Å². The summed E-state index contributed by atoms with van der Waals surface area (Å²) in [5.41, 5.74) is 1.42. The molecule has 0 amide bonds. The smallest absolute Gasteiger partial charge is 0.308 e. The summed E-state index contributed by atoms with van der Waals surface area (Å²) in [4.78, 5) is 11.7. The second-order valence-electron chi connectivity index (χ2n) is 8.52. The third-order valence-electron chi connectivity index (χ3n) is 5.82. The Labute approximate surface area is 217 Å². The molecule has 0 bridgehead atoms. The third kappa shape index (κ3) is 6.87. The zero-order chi connectivity index (χ0) is 25.7. The fourth-order valence-corrected chi connectivity index (χ4v) is 4.72. The highest BCUT2D eigenvalue weighted by Gasteiger charge is 2.29. The zero-order valence-electron chi connectivity index (χ0n) is 19.1. The van der Waals surface area contributed by atoms with Gasteiger partial charge in [-0.05, 0) is 60.5 Å². The molecule has 9 heteroatoms. The summed E-state index contributed by atoms with van der Waals surface area (Å²) < 4.78 is 44.0. The number of aliphatic hydroxyl groups is 1. The third-order valence-corrected chi connectivity index (χ3v) is 6.32. The second kappa shape index (κ2) is 11.9. The van der Waals surface area contributed by atoms with E-state index in [1.165, 1.54) is 36.4 Å². The van der Waals surface area contributed by atoms with Crippen molar-refractivity contribution in [3.63, 3.8) is 0 Å². The van der Waals surface area contributed by atoms with Gasteiger partial charge in [-0.3, -0.25) is 4.79 Å². The van der Waals surface area contributed by atoms with Gasteiger partial charge in [-0.1, -0.05) is 35.3 Å². The number of cyclic esters (lactones) is 1. The Morgan fingerprint density at radius 2 is 1.67 bits per heavy atom. The lowest BCUT2D eigenvalue weighted by molar-refractivity contribution is -0.162. The number of hydrogen-bond acceptors (Lipinski definition) is 5. The van der Waals surface area contributed by atoms with E-state index in [-0.39, 0.29) is 48.6 Å². The van der Waals surface area contributed by atoms with Gasteiger partial charge in [-0.25, -0.2) is 8.78 Å². The van der Waals surface area contributed by atoms with Crippen molar-refractivity contribution < 1.29 is 32.9 Å². The Hall–Kier alpha value is -2.87. The Balaban J connectivity index is 1.60. The van der Waals surface area contributed by atoms with Gasteiger partial charge >= 0.3 is 5.97 Å². The molecule has 1 aliphatic rings. The van der Waals surface area contributed by atoms with Gasteiger partial charge < -0.3 is 19.3 Å². The maximum Gasteiger partial charge on any atom is 0.308 e. The average Bonchev–Trinajstić information content (AvgIpc) is 2.82. The van der Waals surface area contributed by atoms with Gasteiger partial charge in [0.2, 0.25) is 0 Å². The van der Waals surface area contributed by atoms with Crippen LogP contribution in [-0.4, -0.2) is 36.5 Å². The monoisotopic (exact) mass is 536 g/mol. The fourth-order valence-electron chi connectivity index (χ4n) is 4.15. The van der Waals surface area contributed by atoms with E-state index in [2.05, 4.69) is 0 Å². The highest BCUT2D eigenvalue weighted by atomic mass is 35.5. The van der Waals surface area contributed by atoms with Gasteiger partial charge in [0.1, 0.15) is 35.8 Å². The number of benzene rings is 3. The lowest BCUT2D eigenvalue weighted by atomic mass is 9.88. The van der Waals surface area contributed by atoms with E-state index in [1.54, 1.807) is 24.3 Å². The van der Waals surface area contributed by atoms with Crippen LogP contribution in [0.5, 0.6) is 11.5 Å².